The molecule has 1 aliphatic heterocycles. The fourth-order valence-electron chi connectivity index (χ4n) is 3.77. The molecule has 2 fully saturated rings. The van der Waals surface area contributed by atoms with Crippen LogP contribution in [0.2, 0.25) is 0 Å². The second-order valence-electron chi connectivity index (χ2n) is 6.76. The van der Waals surface area contributed by atoms with E-state index >= 15 is 0 Å². The molecule has 1 saturated carbocycles. The number of benzene rings is 1. The van der Waals surface area contributed by atoms with Gasteiger partial charge in [0.1, 0.15) is 0 Å². The Bertz CT molecular complexity index is 437. The second-order valence-corrected chi connectivity index (χ2v) is 6.76. The lowest BCUT2D eigenvalue weighted by Crippen LogP contribution is -2.35. The lowest BCUT2D eigenvalue weighted by atomic mass is 9.78. The lowest BCUT2D eigenvalue weighted by molar-refractivity contribution is 0.253. The number of rotatable bonds is 3. The van der Waals surface area contributed by atoms with Crippen LogP contribution in [0.25, 0.3) is 0 Å². The van der Waals surface area contributed by atoms with Crippen LogP contribution in [0.3, 0.4) is 0 Å². The van der Waals surface area contributed by atoms with Crippen LogP contribution in [0, 0.1) is 11.8 Å². The van der Waals surface area contributed by atoms with Crippen molar-refractivity contribution in [2.75, 3.05) is 23.3 Å². The zero-order chi connectivity index (χ0) is 13.9. The fraction of sp³-hybridized carbons (Fsp3) is 0.667. The summed E-state index contributed by atoms with van der Waals surface area (Å²) in [5, 5.41) is 3.80. The molecule has 0 bridgehead atoms. The van der Waals surface area contributed by atoms with E-state index in [1.54, 1.807) is 0 Å². The van der Waals surface area contributed by atoms with Crippen LogP contribution in [0.4, 0.5) is 11.4 Å². The molecule has 1 aliphatic carbocycles. The van der Waals surface area contributed by atoms with Gasteiger partial charge < -0.3 is 10.2 Å². The maximum absolute atomic E-state index is 3.80. The van der Waals surface area contributed by atoms with Gasteiger partial charge in [0.2, 0.25) is 0 Å². The van der Waals surface area contributed by atoms with Crippen LogP contribution < -0.4 is 10.2 Å². The molecule has 1 aromatic carbocycles. The lowest BCUT2D eigenvalue weighted by Gasteiger charge is -2.35. The molecule has 0 aromatic heterocycles. The maximum Gasteiger partial charge on any atom is 0.0386 e. The minimum Gasteiger partial charge on any atom is -0.382 e. The van der Waals surface area contributed by atoms with Crippen molar-refractivity contribution in [3.05, 3.63) is 24.3 Å². The monoisotopic (exact) mass is 272 g/mol. The Kier molecular flexibility index (Phi) is 4.18. The molecular formula is C18H28N2. The minimum atomic E-state index is 0.646. The van der Waals surface area contributed by atoms with Crippen molar-refractivity contribution in [2.24, 2.45) is 11.8 Å². The Morgan fingerprint density at radius 1 is 1.05 bits per heavy atom. The van der Waals surface area contributed by atoms with E-state index in [-0.39, 0.29) is 0 Å². The summed E-state index contributed by atoms with van der Waals surface area (Å²) in [5.74, 6) is 1.63. The summed E-state index contributed by atoms with van der Waals surface area (Å²) < 4.78 is 0. The summed E-state index contributed by atoms with van der Waals surface area (Å²) in [6.45, 7) is 7.26. The highest BCUT2D eigenvalue weighted by atomic mass is 15.1. The van der Waals surface area contributed by atoms with Crippen molar-refractivity contribution in [3.8, 4) is 0 Å². The van der Waals surface area contributed by atoms with E-state index in [0.29, 0.717) is 6.04 Å². The maximum atomic E-state index is 3.80. The first-order chi connectivity index (χ1) is 9.74. The Morgan fingerprint density at radius 3 is 2.65 bits per heavy atom. The third kappa shape index (κ3) is 2.94. The van der Waals surface area contributed by atoms with E-state index in [1.807, 2.05) is 0 Å². The number of hydrogen-bond donors (Lipinski definition) is 1. The molecule has 1 saturated heterocycles. The summed E-state index contributed by atoms with van der Waals surface area (Å²) in [5.41, 5.74) is 2.70. The Balaban J connectivity index is 1.69. The van der Waals surface area contributed by atoms with Gasteiger partial charge in [0.25, 0.3) is 0 Å². The SMILES string of the molecule is CC1CCCC(Nc2cccc(N3CCCC3)c2)C1C. The van der Waals surface area contributed by atoms with Gasteiger partial charge in [0.15, 0.2) is 0 Å². The number of anilines is 2. The molecule has 20 heavy (non-hydrogen) atoms. The quantitative estimate of drug-likeness (QED) is 0.870. The van der Waals surface area contributed by atoms with Gasteiger partial charge in [-0.15, -0.1) is 0 Å². The van der Waals surface area contributed by atoms with E-state index in [4.69, 9.17) is 0 Å². The zero-order valence-electron chi connectivity index (χ0n) is 12.9. The molecule has 2 aliphatic rings. The molecule has 0 radical (unpaired) electrons. The number of hydrogen-bond acceptors (Lipinski definition) is 2. The van der Waals surface area contributed by atoms with Gasteiger partial charge in [-0.3, -0.25) is 0 Å². The molecule has 0 amide bonds. The van der Waals surface area contributed by atoms with Crippen LogP contribution >= 0.6 is 0 Å². The number of nitrogens with one attached hydrogen (secondary N) is 1. The van der Waals surface area contributed by atoms with Crippen LogP contribution in [-0.4, -0.2) is 19.1 Å². The molecule has 2 nitrogen and oxygen atoms in total. The second kappa shape index (κ2) is 6.07. The molecule has 0 spiro atoms. The minimum absolute atomic E-state index is 0.646. The summed E-state index contributed by atoms with van der Waals surface area (Å²) in [6, 6.07) is 9.67. The summed E-state index contributed by atoms with van der Waals surface area (Å²) >= 11 is 0. The van der Waals surface area contributed by atoms with Gasteiger partial charge in [0, 0.05) is 30.5 Å². The van der Waals surface area contributed by atoms with Gasteiger partial charge in [0.05, 0.1) is 0 Å². The van der Waals surface area contributed by atoms with Gasteiger partial charge in [-0.25, -0.2) is 0 Å². The molecule has 110 valence electrons. The predicted molar refractivity (Wildman–Crippen MR) is 87.5 cm³/mol. The van der Waals surface area contributed by atoms with E-state index in [2.05, 4.69) is 48.3 Å². The first-order valence-electron chi connectivity index (χ1n) is 8.35. The standard InChI is InChI=1S/C18H28N2/c1-14-7-5-10-18(15(14)2)19-16-8-6-9-17(13-16)20-11-3-4-12-20/h6,8-9,13-15,18-19H,3-5,7,10-12H2,1-2H3. The van der Waals surface area contributed by atoms with Gasteiger partial charge >= 0.3 is 0 Å². The molecule has 3 atom stereocenters. The third-order valence-corrected chi connectivity index (χ3v) is 5.38. The van der Waals surface area contributed by atoms with Gasteiger partial charge in [-0.1, -0.05) is 32.8 Å². The molecular weight excluding hydrogens is 244 g/mol. The van der Waals surface area contributed by atoms with Crippen molar-refractivity contribution in [3.63, 3.8) is 0 Å². The topological polar surface area (TPSA) is 15.3 Å². The van der Waals surface area contributed by atoms with E-state index in [1.165, 1.54) is 56.6 Å². The molecule has 2 heteroatoms. The Hall–Kier alpha value is -1.18. The van der Waals surface area contributed by atoms with Crippen LogP contribution in [0.5, 0.6) is 0 Å². The van der Waals surface area contributed by atoms with Crippen molar-refractivity contribution in [1.82, 2.24) is 0 Å². The molecule has 1 heterocycles. The third-order valence-electron chi connectivity index (χ3n) is 5.38. The predicted octanol–water partition coefficient (Wildman–Crippen LogP) is 4.52. The Morgan fingerprint density at radius 2 is 1.85 bits per heavy atom. The van der Waals surface area contributed by atoms with Crippen molar-refractivity contribution < 1.29 is 0 Å². The summed E-state index contributed by atoms with van der Waals surface area (Å²) in [7, 11) is 0. The van der Waals surface area contributed by atoms with E-state index < -0.39 is 0 Å². The average molecular weight is 272 g/mol. The summed E-state index contributed by atoms with van der Waals surface area (Å²) in [6.07, 6.45) is 6.77. The summed E-state index contributed by atoms with van der Waals surface area (Å²) in [4.78, 5) is 2.51. The smallest absolute Gasteiger partial charge is 0.0386 e. The average Bonchev–Trinajstić information content (AvgIpc) is 2.98. The van der Waals surface area contributed by atoms with Gasteiger partial charge in [-0.05, 0) is 49.3 Å². The largest absolute Gasteiger partial charge is 0.382 e. The fourth-order valence-corrected chi connectivity index (χ4v) is 3.77. The highest BCUT2D eigenvalue weighted by molar-refractivity contribution is 5.58. The molecule has 3 unspecified atom stereocenters. The normalized spacial score (nSPS) is 30.5. The van der Waals surface area contributed by atoms with Crippen molar-refractivity contribution in [1.29, 1.82) is 0 Å². The van der Waals surface area contributed by atoms with E-state index in [0.717, 1.165) is 11.8 Å². The number of nitrogens with zero attached hydrogens (tertiary/aromatic N) is 1. The molecule has 3 rings (SSSR count). The van der Waals surface area contributed by atoms with Gasteiger partial charge in [-0.2, -0.15) is 0 Å². The zero-order valence-corrected chi connectivity index (χ0v) is 12.9. The van der Waals surface area contributed by atoms with Crippen LogP contribution in [-0.2, 0) is 0 Å². The Labute approximate surface area is 123 Å². The highest BCUT2D eigenvalue weighted by Crippen LogP contribution is 2.32. The molecule has 1 aromatic rings. The molecule has 1 N–H and O–H groups in total. The first-order valence-corrected chi connectivity index (χ1v) is 8.35. The van der Waals surface area contributed by atoms with Crippen LogP contribution in [0.1, 0.15) is 46.0 Å². The van der Waals surface area contributed by atoms with Crippen molar-refractivity contribution >= 4 is 11.4 Å². The van der Waals surface area contributed by atoms with Crippen molar-refractivity contribution in [2.45, 2.75) is 52.0 Å². The first kappa shape index (κ1) is 13.8. The van der Waals surface area contributed by atoms with E-state index in [9.17, 15) is 0 Å². The highest BCUT2D eigenvalue weighted by Gasteiger charge is 2.26. The van der Waals surface area contributed by atoms with Crippen LogP contribution in [0.15, 0.2) is 24.3 Å².